The zero-order chi connectivity index (χ0) is 16.7. The number of rotatable bonds is 8. The van der Waals surface area contributed by atoms with E-state index in [0.717, 1.165) is 31.2 Å². The van der Waals surface area contributed by atoms with Gasteiger partial charge in [-0.05, 0) is 43.3 Å². The predicted octanol–water partition coefficient (Wildman–Crippen LogP) is 4.82. The van der Waals surface area contributed by atoms with Crippen LogP contribution in [0.5, 0.6) is 0 Å². The van der Waals surface area contributed by atoms with Crippen molar-refractivity contribution in [2.75, 3.05) is 19.6 Å². The molecular weight excluding hydrogens is 304 g/mol. The Balaban J connectivity index is 2.02. The van der Waals surface area contributed by atoms with Crippen molar-refractivity contribution < 1.29 is 0 Å². The van der Waals surface area contributed by atoms with Gasteiger partial charge in [0, 0.05) is 24.2 Å². The lowest BCUT2D eigenvalue weighted by Crippen LogP contribution is -2.35. The summed E-state index contributed by atoms with van der Waals surface area (Å²) in [6.45, 7) is 10.4. The van der Waals surface area contributed by atoms with E-state index in [1.54, 1.807) is 0 Å². The summed E-state index contributed by atoms with van der Waals surface area (Å²) < 4.78 is 0. The second-order valence-electron chi connectivity index (χ2n) is 5.91. The maximum Gasteiger partial charge on any atom is 0.0472 e. The molecule has 0 spiro atoms. The Hall–Kier alpha value is -1.35. The number of benzene rings is 2. The highest BCUT2D eigenvalue weighted by molar-refractivity contribution is 6.30. The lowest BCUT2D eigenvalue weighted by atomic mass is 10.0. The molecule has 1 unspecified atom stereocenters. The Morgan fingerprint density at radius 1 is 0.957 bits per heavy atom. The van der Waals surface area contributed by atoms with Gasteiger partial charge in [-0.3, -0.25) is 4.90 Å². The van der Waals surface area contributed by atoms with Gasteiger partial charge >= 0.3 is 0 Å². The molecule has 2 rings (SSSR count). The molecule has 0 aromatic heterocycles. The molecule has 23 heavy (non-hydrogen) atoms. The van der Waals surface area contributed by atoms with E-state index in [2.05, 4.69) is 67.4 Å². The van der Waals surface area contributed by atoms with E-state index in [1.165, 1.54) is 16.7 Å². The summed E-state index contributed by atoms with van der Waals surface area (Å²) in [6.07, 6.45) is 0. The van der Waals surface area contributed by atoms with Gasteiger partial charge < -0.3 is 5.32 Å². The predicted molar refractivity (Wildman–Crippen MR) is 100.0 cm³/mol. The smallest absolute Gasteiger partial charge is 0.0472 e. The average molecular weight is 331 g/mol. The number of halogens is 1. The maximum atomic E-state index is 6.03. The summed E-state index contributed by atoms with van der Waals surface area (Å²) in [6, 6.07) is 17.3. The minimum absolute atomic E-state index is 0.368. The molecule has 0 aliphatic carbocycles. The van der Waals surface area contributed by atoms with Crippen LogP contribution in [0.25, 0.3) is 0 Å². The molecule has 124 valence electrons. The van der Waals surface area contributed by atoms with Crippen molar-refractivity contribution in [3.63, 3.8) is 0 Å². The first-order valence-electron chi connectivity index (χ1n) is 8.39. The van der Waals surface area contributed by atoms with Crippen LogP contribution in [0.1, 0.15) is 36.6 Å². The molecule has 2 aromatic carbocycles. The molecule has 0 aliphatic rings. The normalized spacial score (nSPS) is 12.6. The van der Waals surface area contributed by atoms with Crippen LogP contribution >= 0.6 is 11.6 Å². The average Bonchev–Trinajstić information content (AvgIpc) is 2.57. The molecule has 3 heteroatoms. The first-order chi connectivity index (χ1) is 11.1. The molecular formula is C20H27ClN2. The highest BCUT2D eigenvalue weighted by atomic mass is 35.5. The van der Waals surface area contributed by atoms with Gasteiger partial charge in [0.15, 0.2) is 0 Å². The number of hydrogen-bond acceptors (Lipinski definition) is 2. The molecule has 1 atom stereocenters. The van der Waals surface area contributed by atoms with Crippen molar-refractivity contribution in [1.82, 2.24) is 10.2 Å². The van der Waals surface area contributed by atoms with Crippen LogP contribution in [0.3, 0.4) is 0 Å². The van der Waals surface area contributed by atoms with Gasteiger partial charge in [0.25, 0.3) is 0 Å². The third-order valence-electron chi connectivity index (χ3n) is 4.30. The zero-order valence-electron chi connectivity index (χ0n) is 14.3. The summed E-state index contributed by atoms with van der Waals surface area (Å²) in [5, 5.41) is 4.40. The van der Waals surface area contributed by atoms with Crippen molar-refractivity contribution in [3.8, 4) is 0 Å². The quantitative estimate of drug-likeness (QED) is 0.746. The molecule has 2 aromatic rings. The summed E-state index contributed by atoms with van der Waals surface area (Å²) in [4.78, 5) is 2.48. The lowest BCUT2D eigenvalue weighted by Gasteiger charge is -2.30. The molecule has 0 heterocycles. The second-order valence-corrected chi connectivity index (χ2v) is 6.34. The number of likely N-dealkylation sites (N-methyl/N-ethyl adjacent to an activating group) is 1. The van der Waals surface area contributed by atoms with Gasteiger partial charge in [-0.2, -0.15) is 0 Å². The van der Waals surface area contributed by atoms with E-state index in [0.29, 0.717) is 6.04 Å². The summed E-state index contributed by atoms with van der Waals surface area (Å²) >= 11 is 6.03. The van der Waals surface area contributed by atoms with Crippen molar-refractivity contribution in [3.05, 3.63) is 70.2 Å². The molecule has 0 fully saturated rings. The summed E-state index contributed by atoms with van der Waals surface area (Å²) in [7, 11) is 0. The van der Waals surface area contributed by atoms with Crippen LogP contribution in [0, 0.1) is 6.92 Å². The first-order valence-corrected chi connectivity index (χ1v) is 8.77. The molecule has 0 bridgehead atoms. The van der Waals surface area contributed by atoms with Crippen molar-refractivity contribution >= 4 is 11.6 Å². The van der Waals surface area contributed by atoms with Crippen LogP contribution in [0.2, 0.25) is 5.02 Å². The number of aryl methyl sites for hydroxylation is 1. The van der Waals surface area contributed by atoms with Gasteiger partial charge in [-0.25, -0.2) is 0 Å². The van der Waals surface area contributed by atoms with Crippen LogP contribution in [0.15, 0.2) is 48.5 Å². The SMILES string of the molecule is CCN(CC)C(CNCc1ccc(C)cc1)c1ccc(Cl)cc1. The number of hydrogen-bond donors (Lipinski definition) is 1. The first kappa shape index (κ1) is 18.0. The monoisotopic (exact) mass is 330 g/mol. The van der Waals surface area contributed by atoms with Crippen LogP contribution in [0.4, 0.5) is 0 Å². The van der Waals surface area contributed by atoms with Crippen LogP contribution in [-0.4, -0.2) is 24.5 Å². The highest BCUT2D eigenvalue weighted by Gasteiger charge is 2.17. The Kier molecular flexibility index (Phi) is 7.10. The standard InChI is InChI=1S/C20H27ClN2/c1-4-23(5-2)20(18-10-12-19(21)13-11-18)15-22-14-17-8-6-16(3)7-9-17/h6-13,20,22H,4-5,14-15H2,1-3H3. The maximum absolute atomic E-state index is 6.03. The van der Waals surface area contributed by atoms with E-state index in [-0.39, 0.29) is 0 Å². The minimum Gasteiger partial charge on any atom is -0.311 e. The van der Waals surface area contributed by atoms with Gasteiger partial charge in [0.2, 0.25) is 0 Å². The lowest BCUT2D eigenvalue weighted by molar-refractivity contribution is 0.213. The number of nitrogens with zero attached hydrogens (tertiary/aromatic N) is 1. The molecule has 0 saturated carbocycles. The topological polar surface area (TPSA) is 15.3 Å². The van der Waals surface area contributed by atoms with E-state index >= 15 is 0 Å². The van der Waals surface area contributed by atoms with Gasteiger partial charge in [-0.15, -0.1) is 0 Å². The Bertz CT molecular complexity index is 574. The van der Waals surface area contributed by atoms with E-state index in [9.17, 15) is 0 Å². The molecule has 0 radical (unpaired) electrons. The molecule has 1 N–H and O–H groups in total. The molecule has 0 saturated heterocycles. The molecule has 0 amide bonds. The van der Waals surface area contributed by atoms with Crippen molar-refractivity contribution in [2.24, 2.45) is 0 Å². The summed E-state index contributed by atoms with van der Waals surface area (Å²) in [5.74, 6) is 0. The van der Waals surface area contributed by atoms with Gasteiger partial charge in [0.05, 0.1) is 0 Å². The highest BCUT2D eigenvalue weighted by Crippen LogP contribution is 2.22. The Labute approximate surface area is 145 Å². The fourth-order valence-corrected chi connectivity index (χ4v) is 2.99. The van der Waals surface area contributed by atoms with Crippen molar-refractivity contribution in [1.29, 1.82) is 0 Å². The van der Waals surface area contributed by atoms with E-state index in [1.807, 2.05) is 12.1 Å². The Morgan fingerprint density at radius 2 is 1.57 bits per heavy atom. The van der Waals surface area contributed by atoms with E-state index in [4.69, 9.17) is 11.6 Å². The van der Waals surface area contributed by atoms with Gasteiger partial charge in [-0.1, -0.05) is 67.4 Å². The Morgan fingerprint density at radius 3 is 2.13 bits per heavy atom. The molecule has 2 nitrogen and oxygen atoms in total. The van der Waals surface area contributed by atoms with Crippen LogP contribution < -0.4 is 5.32 Å². The zero-order valence-corrected chi connectivity index (χ0v) is 15.1. The summed E-state index contributed by atoms with van der Waals surface area (Å²) in [5.41, 5.74) is 3.94. The minimum atomic E-state index is 0.368. The van der Waals surface area contributed by atoms with Gasteiger partial charge in [0.1, 0.15) is 0 Å². The molecule has 0 aliphatic heterocycles. The number of nitrogens with one attached hydrogen (secondary N) is 1. The third kappa shape index (κ3) is 5.35. The van der Waals surface area contributed by atoms with Crippen LogP contribution in [-0.2, 0) is 6.54 Å². The second kappa shape index (κ2) is 9.07. The third-order valence-corrected chi connectivity index (χ3v) is 4.55. The fourth-order valence-electron chi connectivity index (χ4n) is 2.87. The largest absolute Gasteiger partial charge is 0.311 e. The van der Waals surface area contributed by atoms with Crippen molar-refractivity contribution in [2.45, 2.75) is 33.4 Å². The van der Waals surface area contributed by atoms with E-state index < -0.39 is 0 Å². The fraction of sp³-hybridized carbons (Fsp3) is 0.400.